The highest BCUT2D eigenvalue weighted by atomic mass is 16.2. The number of benzene rings is 1. The molecule has 0 spiro atoms. The quantitative estimate of drug-likeness (QED) is 0.834. The van der Waals surface area contributed by atoms with Crippen molar-refractivity contribution < 1.29 is 9.59 Å². The first-order valence-electron chi connectivity index (χ1n) is 8.29. The molecule has 0 aliphatic heterocycles. The van der Waals surface area contributed by atoms with Gasteiger partial charge in [0.25, 0.3) is 0 Å². The average molecular weight is 342 g/mol. The van der Waals surface area contributed by atoms with Crippen LogP contribution in [0.4, 0.5) is 17.2 Å². The molecular weight excluding hydrogens is 320 g/mol. The molecule has 0 unspecified atom stereocenters. The second kappa shape index (κ2) is 7.33. The molecule has 2 amide bonds. The van der Waals surface area contributed by atoms with Crippen LogP contribution in [-0.2, 0) is 16.1 Å². The second-order valence-electron chi connectivity index (χ2n) is 6.41. The molecule has 132 valence electrons. The Morgan fingerprint density at radius 2 is 1.92 bits per heavy atom. The van der Waals surface area contributed by atoms with E-state index in [1.54, 1.807) is 6.20 Å². The SMILES string of the molecule is CN(C)c1ccc(NC(=O)Cn2cc(NC(=O)C3CCC3)nn2)cc1. The van der Waals surface area contributed by atoms with E-state index in [4.69, 9.17) is 0 Å². The first-order valence-corrected chi connectivity index (χ1v) is 8.29. The van der Waals surface area contributed by atoms with Crippen molar-refractivity contribution in [1.29, 1.82) is 0 Å². The van der Waals surface area contributed by atoms with E-state index in [1.807, 2.05) is 43.3 Å². The molecule has 1 saturated carbocycles. The Balaban J connectivity index is 1.51. The molecule has 0 bridgehead atoms. The minimum Gasteiger partial charge on any atom is -0.378 e. The van der Waals surface area contributed by atoms with E-state index in [1.165, 1.54) is 4.68 Å². The minimum atomic E-state index is -0.209. The largest absolute Gasteiger partial charge is 0.378 e. The lowest BCUT2D eigenvalue weighted by atomic mass is 9.85. The van der Waals surface area contributed by atoms with Gasteiger partial charge in [-0.05, 0) is 37.1 Å². The third-order valence-electron chi connectivity index (χ3n) is 4.24. The minimum absolute atomic E-state index is 0.0243. The standard InChI is InChI=1S/C17H22N6O2/c1-22(2)14-8-6-13(7-9-14)18-16(24)11-23-10-15(20-21-23)19-17(25)12-4-3-5-12/h6-10,12H,3-5,11H2,1-2H3,(H,18,24)(H,19,25). The molecule has 0 atom stereocenters. The van der Waals surface area contributed by atoms with Crippen molar-refractivity contribution in [2.24, 2.45) is 5.92 Å². The van der Waals surface area contributed by atoms with Crippen LogP contribution in [0.1, 0.15) is 19.3 Å². The summed E-state index contributed by atoms with van der Waals surface area (Å²) >= 11 is 0. The maximum Gasteiger partial charge on any atom is 0.246 e. The van der Waals surface area contributed by atoms with E-state index in [9.17, 15) is 9.59 Å². The highest BCUT2D eigenvalue weighted by Crippen LogP contribution is 2.27. The van der Waals surface area contributed by atoms with E-state index in [0.717, 1.165) is 24.9 Å². The maximum atomic E-state index is 12.1. The van der Waals surface area contributed by atoms with Crippen molar-refractivity contribution in [3.8, 4) is 0 Å². The van der Waals surface area contributed by atoms with Crippen molar-refractivity contribution in [1.82, 2.24) is 15.0 Å². The smallest absolute Gasteiger partial charge is 0.246 e. The van der Waals surface area contributed by atoms with Crippen LogP contribution in [-0.4, -0.2) is 40.9 Å². The summed E-state index contributed by atoms with van der Waals surface area (Å²) in [5.74, 6) is 0.224. The third-order valence-corrected chi connectivity index (χ3v) is 4.24. The van der Waals surface area contributed by atoms with Gasteiger partial charge in [0.2, 0.25) is 11.8 Å². The van der Waals surface area contributed by atoms with Gasteiger partial charge < -0.3 is 15.5 Å². The highest BCUT2D eigenvalue weighted by molar-refractivity contribution is 5.92. The van der Waals surface area contributed by atoms with Crippen LogP contribution in [0.3, 0.4) is 0 Å². The summed E-state index contributed by atoms with van der Waals surface area (Å²) in [5, 5.41) is 13.3. The summed E-state index contributed by atoms with van der Waals surface area (Å²) in [6.45, 7) is 0.0295. The number of nitrogens with zero attached hydrogens (tertiary/aromatic N) is 4. The van der Waals surface area contributed by atoms with Gasteiger partial charge in [-0.15, -0.1) is 5.10 Å². The molecule has 8 heteroatoms. The normalized spacial score (nSPS) is 13.8. The van der Waals surface area contributed by atoms with Crippen LogP contribution in [0, 0.1) is 5.92 Å². The fourth-order valence-corrected chi connectivity index (χ4v) is 2.52. The lowest BCUT2D eigenvalue weighted by molar-refractivity contribution is -0.122. The van der Waals surface area contributed by atoms with Crippen LogP contribution < -0.4 is 15.5 Å². The molecule has 1 aliphatic carbocycles. The van der Waals surface area contributed by atoms with E-state index >= 15 is 0 Å². The lowest BCUT2D eigenvalue weighted by Crippen LogP contribution is -2.28. The number of hydrogen-bond acceptors (Lipinski definition) is 5. The molecule has 1 heterocycles. The van der Waals surface area contributed by atoms with Gasteiger partial charge in [-0.1, -0.05) is 11.6 Å². The van der Waals surface area contributed by atoms with Crippen molar-refractivity contribution in [2.75, 3.05) is 29.6 Å². The first kappa shape index (κ1) is 16.9. The van der Waals surface area contributed by atoms with Crippen LogP contribution in [0.2, 0.25) is 0 Å². The average Bonchev–Trinajstić information content (AvgIpc) is 2.92. The number of nitrogens with one attached hydrogen (secondary N) is 2. The van der Waals surface area contributed by atoms with Crippen LogP contribution in [0.5, 0.6) is 0 Å². The molecule has 1 aromatic heterocycles. The van der Waals surface area contributed by atoms with Gasteiger partial charge in [0, 0.05) is 31.4 Å². The molecular formula is C17H22N6O2. The number of rotatable bonds is 6. The lowest BCUT2D eigenvalue weighted by Gasteiger charge is -2.23. The molecule has 2 N–H and O–H groups in total. The molecule has 2 aromatic rings. The number of amides is 2. The predicted octanol–water partition coefficient (Wildman–Crippen LogP) is 1.72. The Labute approximate surface area is 146 Å². The van der Waals surface area contributed by atoms with Gasteiger partial charge in [-0.2, -0.15) is 0 Å². The number of anilines is 3. The van der Waals surface area contributed by atoms with E-state index in [2.05, 4.69) is 20.9 Å². The molecule has 1 fully saturated rings. The number of carbonyl (C=O) groups is 2. The molecule has 8 nitrogen and oxygen atoms in total. The summed E-state index contributed by atoms with van der Waals surface area (Å²) in [7, 11) is 3.92. The summed E-state index contributed by atoms with van der Waals surface area (Å²) in [6.07, 6.45) is 4.51. The Morgan fingerprint density at radius 3 is 2.52 bits per heavy atom. The first-order chi connectivity index (χ1) is 12.0. The second-order valence-corrected chi connectivity index (χ2v) is 6.41. The summed E-state index contributed by atoms with van der Waals surface area (Å²) in [6, 6.07) is 7.55. The van der Waals surface area contributed by atoms with Gasteiger partial charge in [0.15, 0.2) is 5.82 Å². The van der Waals surface area contributed by atoms with Crippen LogP contribution in [0.15, 0.2) is 30.5 Å². The fourth-order valence-electron chi connectivity index (χ4n) is 2.52. The summed E-state index contributed by atoms with van der Waals surface area (Å²) in [4.78, 5) is 26.0. The zero-order chi connectivity index (χ0) is 17.8. The molecule has 0 saturated heterocycles. The van der Waals surface area contributed by atoms with Crippen molar-refractivity contribution >= 4 is 29.0 Å². The fraction of sp³-hybridized carbons (Fsp3) is 0.412. The van der Waals surface area contributed by atoms with Crippen LogP contribution >= 0.6 is 0 Å². The van der Waals surface area contributed by atoms with Gasteiger partial charge in [0.1, 0.15) is 6.54 Å². The van der Waals surface area contributed by atoms with Gasteiger partial charge in [0.05, 0.1) is 6.20 Å². The highest BCUT2D eigenvalue weighted by Gasteiger charge is 2.25. The van der Waals surface area contributed by atoms with Crippen molar-refractivity contribution in [2.45, 2.75) is 25.8 Å². The number of hydrogen-bond donors (Lipinski definition) is 2. The third kappa shape index (κ3) is 4.34. The van der Waals surface area contributed by atoms with Gasteiger partial charge >= 0.3 is 0 Å². The Hall–Kier alpha value is -2.90. The zero-order valence-electron chi connectivity index (χ0n) is 14.4. The van der Waals surface area contributed by atoms with E-state index < -0.39 is 0 Å². The molecule has 0 radical (unpaired) electrons. The Morgan fingerprint density at radius 1 is 1.20 bits per heavy atom. The Kier molecular flexibility index (Phi) is 4.97. The molecule has 3 rings (SSSR count). The molecule has 1 aromatic carbocycles. The predicted molar refractivity (Wildman–Crippen MR) is 95.4 cm³/mol. The maximum absolute atomic E-state index is 12.1. The Bertz CT molecular complexity index is 749. The van der Waals surface area contributed by atoms with Crippen molar-refractivity contribution in [3.05, 3.63) is 30.5 Å². The van der Waals surface area contributed by atoms with Gasteiger partial charge in [-0.3, -0.25) is 9.59 Å². The topological polar surface area (TPSA) is 92.2 Å². The number of carbonyl (C=O) groups excluding carboxylic acids is 2. The zero-order valence-corrected chi connectivity index (χ0v) is 14.4. The summed E-state index contributed by atoms with van der Waals surface area (Å²) in [5.41, 5.74) is 1.77. The van der Waals surface area contributed by atoms with Crippen molar-refractivity contribution in [3.63, 3.8) is 0 Å². The molecule has 25 heavy (non-hydrogen) atoms. The monoisotopic (exact) mass is 342 g/mol. The van der Waals surface area contributed by atoms with Gasteiger partial charge in [-0.25, -0.2) is 4.68 Å². The van der Waals surface area contributed by atoms with E-state index in [0.29, 0.717) is 11.5 Å². The molecule has 1 aliphatic rings. The van der Waals surface area contributed by atoms with Crippen LogP contribution in [0.25, 0.3) is 0 Å². The number of aromatic nitrogens is 3. The van der Waals surface area contributed by atoms with E-state index in [-0.39, 0.29) is 24.3 Å². The summed E-state index contributed by atoms with van der Waals surface area (Å²) < 4.78 is 1.40.